The predicted molar refractivity (Wildman–Crippen MR) is 68.0 cm³/mol. The van der Waals surface area contributed by atoms with E-state index >= 15 is 0 Å². The quantitative estimate of drug-likeness (QED) is 0.935. The van der Waals surface area contributed by atoms with Crippen LogP contribution in [0.5, 0.6) is 5.75 Å². The first-order valence-corrected chi connectivity index (χ1v) is 5.72. The fourth-order valence-corrected chi connectivity index (χ4v) is 1.65. The lowest BCUT2D eigenvalue weighted by atomic mass is 10.1. The lowest BCUT2D eigenvalue weighted by Crippen LogP contribution is -2.08. The van der Waals surface area contributed by atoms with Gasteiger partial charge >= 0.3 is 6.18 Å². The summed E-state index contributed by atoms with van der Waals surface area (Å²) in [6, 6.07) is 5.38. The van der Waals surface area contributed by atoms with Crippen LogP contribution in [0.3, 0.4) is 0 Å². The van der Waals surface area contributed by atoms with Crippen LogP contribution >= 0.6 is 0 Å². The molecule has 0 bridgehead atoms. The summed E-state index contributed by atoms with van der Waals surface area (Å²) in [5.74, 6) is 0.0106. The number of benzene rings is 1. The summed E-state index contributed by atoms with van der Waals surface area (Å²) in [4.78, 5) is 8.00. The van der Waals surface area contributed by atoms with Gasteiger partial charge < -0.3 is 10.1 Å². The zero-order chi connectivity index (χ0) is 14.8. The van der Waals surface area contributed by atoms with Gasteiger partial charge in [0.2, 0.25) is 5.95 Å². The normalized spacial score (nSPS) is 11.2. The Kier molecular flexibility index (Phi) is 3.78. The van der Waals surface area contributed by atoms with Crippen LogP contribution in [0.1, 0.15) is 11.3 Å². The average Bonchev–Trinajstić information content (AvgIpc) is 2.37. The third kappa shape index (κ3) is 3.17. The molecule has 0 spiro atoms. The van der Waals surface area contributed by atoms with Crippen molar-refractivity contribution < 1.29 is 17.9 Å². The molecule has 1 aromatic carbocycles. The number of hydrogen-bond donors (Lipinski definition) is 1. The summed E-state index contributed by atoms with van der Waals surface area (Å²) in [6.07, 6.45) is -2.96. The molecule has 0 atom stereocenters. The molecular weight excluding hydrogens is 271 g/mol. The highest BCUT2D eigenvalue weighted by Crippen LogP contribution is 2.37. The number of ether oxygens (including phenoxy) is 1. The van der Waals surface area contributed by atoms with Crippen molar-refractivity contribution in [1.82, 2.24) is 9.97 Å². The molecule has 0 aliphatic carbocycles. The summed E-state index contributed by atoms with van der Waals surface area (Å²) in [7, 11) is 1.20. The zero-order valence-corrected chi connectivity index (χ0v) is 10.8. The number of alkyl halides is 3. The Morgan fingerprint density at radius 2 is 1.95 bits per heavy atom. The van der Waals surface area contributed by atoms with Crippen LogP contribution in [0.4, 0.5) is 24.8 Å². The SMILES string of the molecule is COc1ccc(Nc2nccc(C)n2)cc1C(F)(F)F. The second kappa shape index (κ2) is 5.36. The van der Waals surface area contributed by atoms with Gasteiger partial charge in [0, 0.05) is 17.6 Å². The van der Waals surface area contributed by atoms with Crippen molar-refractivity contribution in [3.05, 3.63) is 41.7 Å². The molecule has 4 nitrogen and oxygen atoms in total. The fourth-order valence-electron chi connectivity index (χ4n) is 1.65. The molecule has 0 amide bonds. The van der Waals surface area contributed by atoms with E-state index in [1.165, 1.54) is 25.4 Å². The topological polar surface area (TPSA) is 47.0 Å². The molecule has 1 aromatic heterocycles. The minimum absolute atomic E-state index is 0.229. The zero-order valence-electron chi connectivity index (χ0n) is 10.8. The van der Waals surface area contributed by atoms with E-state index in [0.717, 1.165) is 6.07 Å². The van der Waals surface area contributed by atoms with Gasteiger partial charge in [0.25, 0.3) is 0 Å². The second-order valence-electron chi connectivity index (χ2n) is 4.06. The summed E-state index contributed by atoms with van der Waals surface area (Å²) < 4.78 is 43.4. The van der Waals surface area contributed by atoms with E-state index in [4.69, 9.17) is 4.74 Å². The number of rotatable bonds is 3. The van der Waals surface area contributed by atoms with Crippen LogP contribution in [0.25, 0.3) is 0 Å². The molecule has 7 heteroatoms. The van der Waals surface area contributed by atoms with Crippen LogP contribution in [0.15, 0.2) is 30.5 Å². The molecule has 0 saturated carbocycles. The maximum absolute atomic E-state index is 12.9. The van der Waals surface area contributed by atoms with Gasteiger partial charge in [0.1, 0.15) is 5.75 Å². The summed E-state index contributed by atoms with van der Waals surface area (Å²) in [5.41, 5.74) is 0.105. The molecule has 20 heavy (non-hydrogen) atoms. The first-order chi connectivity index (χ1) is 9.40. The largest absolute Gasteiger partial charge is 0.496 e. The number of aryl methyl sites for hydroxylation is 1. The third-order valence-electron chi connectivity index (χ3n) is 2.56. The molecule has 0 aliphatic rings. The minimum Gasteiger partial charge on any atom is -0.496 e. The monoisotopic (exact) mass is 283 g/mol. The van der Waals surface area contributed by atoms with Gasteiger partial charge in [-0.2, -0.15) is 13.2 Å². The molecule has 0 unspecified atom stereocenters. The van der Waals surface area contributed by atoms with Gasteiger partial charge in [0.05, 0.1) is 12.7 Å². The van der Waals surface area contributed by atoms with Gasteiger partial charge in [0.15, 0.2) is 0 Å². The summed E-state index contributed by atoms with van der Waals surface area (Å²) in [6.45, 7) is 1.77. The Morgan fingerprint density at radius 3 is 2.55 bits per heavy atom. The van der Waals surface area contributed by atoms with Crippen molar-refractivity contribution in [2.45, 2.75) is 13.1 Å². The van der Waals surface area contributed by atoms with Crippen molar-refractivity contribution in [2.24, 2.45) is 0 Å². The van der Waals surface area contributed by atoms with Crippen molar-refractivity contribution in [3.8, 4) is 5.75 Å². The smallest absolute Gasteiger partial charge is 0.420 e. The molecule has 106 valence electrons. The van der Waals surface area contributed by atoms with E-state index in [9.17, 15) is 13.2 Å². The molecule has 0 fully saturated rings. The maximum Gasteiger partial charge on any atom is 0.420 e. The van der Waals surface area contributed by atoms with Gasteiger partial charge in [-0.25, -0.2) is 9.97 Å². The molecule has 2 aromatic rings. The molecule has 1 heterocycles. The number of hydrogen-bond acceptors (Lipinski definition) is 4. The highest BCUT2D eigenvalue weighted by Gasteiger charge is 2.34. The molecule has 1 N–H and O–H groups in total. The van der Waals surface area contributed by atoms with E-state index in [-0.39, 0.29) is 17.4 Å². The number of halogens is 3. The highest BCUT2D eigenvalue weighted by molar-refractivity contribution is 5.58. The van der Waals surface area contributed by atoms with Crippen LogP contribution in [0.2, 0.25) is 0 Å². The molecule has 2 rings (SSSR count). The number of nitrogens with zero attached hydrogens (tertiary/aromatic N) is 2. The van der Waals surface area contributed by atoms with Gasteiger partial charge in [-0.1, -0.05) is 0 Å². The Bertz CT molecular complexity index is 614. The highest BCUT2D eigenvalue weighted by atomic mass is 19.4. The van der Waals surface area contributed by atoms with Crippen LogP contribution in [0, 0.1) is 6.92 Å². The van der Waals surface area contributed by atoms with Crippen molar-refractivity contribution in [3.63, 3.8) is 0 Å². The van der Waals surface area contributed by atoms with Crippen LogP contribution < -0.4 is 10.1 Å². The third-order valence-corrected chi connectivity index (χ3v) is 2.56. The Balaban J connectivity index is 2.34. The van der Waals surface area contributed by atoms with E-state index in [2.05, 4.69) is 15.3 Å². The Labute approximate surface area is 113 Å². The van der Waals surface area contributed by atoms with Crippen molar-refractivity contribution in [1.29, 1.82) is 0 Å². The average molecular weight is 283 g/mol. The number of aromatic nitrogens is 2. The van der Waals surface area contributed by atoms with E-state index in [1.54, 1.807) is 13.0 Å². The lowest BCUT2D eigenvalue weighted by molar-refractivity contribution is -0.138. The number of anilines is 2. The summed E-state index contributed by atoms with van der Waals surface area (Å²) >= 11 is 0. The van der Waals surface area contributed by atoms with Crippen molar-refractivity contribution in [2.75, 3.05) is 12.4 Å². The standard InChI is InChI=1S/C13H12F3N3O/c1-8-5-6-17-12(18-8)19-9-3-4-11(20-2)10(7-9)13(14,15)16/h3-7H,1-2H3,(H,17,18,19). The van der Waals surface area contributed by atoms with Crippen LogP contribution in [-0.2, 0) is 6.18 Å². The number of methoxy groups -OCH3 is 1. The van der Waals surface area contributed by atoms with E-state index in [0.29, 0.717) is 5.69 Å². The van der Waals surface area contributed by atoms with Gasteiger partial charge in [-0.3, -0.25) is 0 Å². The Morgan fingerprint density at radius 1 is 1.20 bits per heavy atom. The summed E-state index contributed by atoms with van der Waals surface area (Å²) in [5, 5.41) is 2.73. The predicted octanol–water partition coefficient (Wildman–Crippen LogP) is 3.56. The second-order valence-corrected chi connectivity index (χ2v) is 4.06. The number of nitrogens with one attached hydrogen (secondary N) is 1. The van der Waals surface area contributed by atoms with Gasteiger partial charge in [-0.05, 0) is 31.2 Å². The molecule has 0 saturated heterocycles. The van der Waals surface area contributed by atoms with E-state index in [1.807, 2.05) is 0 Å². The lowest BCUT2D eigenvalue weighted by Gasteiger charge is -2.14. The van der Waals surface area contributed by atoms with Crippen LogP contribution in [-0.4, -0.2) is 17.1 Å². The Hall–Kier alpha value is -2.31. The van der Waals surface area contributed by atoms with E-state index < -0.39 is 11.7 Å². The van der Waals surface area contributed by atoms with Gasteiger partial charge in [-0.15, -0.1) is 0 Å². The maximum atomic E-state index is 12.9. The first kappa shape index (κ1) is 14.1. The first-order valence-electron chi connectivity index (χ1n) is 5.72. The molecular formula is C13H12F3N3O. The molecule has 0 aliphatic heterocycles. The fraction of sp³-hybridized carbons (Fsp3) is 0.231. The van der Waals surface area contributed by atoms with Crippen molar-refractivity contribution >= 4 is 11.6 Å². The minimum atomic E-state index is -4.49. The molecule has 0 radical (unpaired) electrons.